The Balaban J connectivity index is 2.35. The smallest absolute Gasteiger partial charge is 0.174 e. The topological polar surface area (TPSA) is 17.1 Å². The van der Waals surface area contributed by atoms with E-state index in [1.165, 1.54) is 29.4 Å². The minimum atomic E-state index is 0.178. The molecule has 0 radical (unpaired) electrons. The van der Waals surface area contributed by atoms with Gasteiger partial charge in [-0.2, -0.15) is 0 Å². The summed E-state index contributed by atoms with van der Waals surface area (Å²) in [6.07, 6.45) is 3.63. The first-order valence-corrected chi connectivity index (χ1v) is 7.98. The molecule has 0 aliphatic heterocycles. The van der Waals surface area contributed by atoms with E-state index in [1.54, 1.807) is 0 Å². The zero-order chi connectivity index (χ0) is 13.4. The fourth-order valence-electron chi connectivity index (χ4n) is 3.22. The van der Waals surface area contributed by atoms with Crippen LogP contribution in [0.15, 0.2) is 30.3 Å². The number of alkyl halides is 1. The number of benzene rings is 2. The molecule has 0 heterocycles. The third kappa shape index (κ3) is 2.12. The van der Waals surface area contributed by atoms with Crippen molar-refractivity contribution in [2.45, 2.75) is 32.1 Å². The molecule has 0 N–H and O–H groups in total. The second-order valence-electron chi connectivity index (χ2n) is 5.39. The van der Waals surface area contributed by atoms with Gasteiger partial charge in [0.05, 0.1) is 5.33 Å². The Morgan fingerprint density at radius 3 is 2.79 bits per heavy atom. The third-order valence-corrected chi connectivity index (χ3v) is 4.72. The van der Waals surface area contributed by atoms with Crippen LogP contribution in [-0.4, -0.2) is 11.1 Å². The number of ketones is 1. The number of hydrogen-bond donors (Lipinski definition) is 0. The molecule has 0 saturated heterocycles. The first-order chi connectivity index (χ1) is 9.22. The molecule has 1 aliphatic rings. The highest BCUT2D eigenvalue weighted by atomic mass is 79.9. The van der Waals surface area contributed by atoms with Crippen molar-refractivity contribution in [2.24, 2.45) is 0 Å². The summed E-state index contributed by atoms with van der Waals surface area (Å²) in [4.78, 5) is 12.2. The third-order valence-electron chi connectivity index (χ3n) is 4.21. The highest BCUT2D eigenvalue weighted by Crippen LogP contribution is 2.37. The highest BCUT2D eigenvalue weighted by Gasteiger charge is 2.21. The predicted molar refractivity (Wildman–Crippen MR) is 83.4 cm³/mol. The normalized spacial score (nSPS) is 18.3. The van der Waals surface area contributed by atoms with Crippen molar-refractivity contribution in [3.05, 3.63) is 47.0 Å². The lowest BCUT2D eigenvalue weighted by Crippen LogP contribution is -2.11. The van der Waals surface area contributed by atoms with E-state index in [0.29, 0.717) is 11.2 Å². The summed E-state index contributed by atoms with van der Waals surface area (Å²) in [5.41, 5.74) is 3.72. The zero-order valence-electron chi connectivity index (χ0n) is 11.1. The van der Waals surface area contributed by atoms with Gasteiger partial charge >= 0.3 is 0 Å². The summed E-state index contributed by atoms with van der Waals surface area (Å²) >= 11 is 3.30. The lowest BCUT2D eigenvalue weighted by molar-refractivity contribution is 0.102. The molecular weight excluding hydrogens is 300 g/mol. The molecule has 1 nitrogen and oxygen atoms in total. The molecule has 0 amide bonds. The number of aryl methyl sites for hydroxylation is 1. The Bertz CT molecular complexity index is 645. The molecule has 98 valence electrons. The molecule has 0 aromatic heterocycles. The van der Waals surface area contributed by atoms with Crippen molar-refractivity contribution < 1.29 is 4.79 Å². The van der Waals surface area contributed by atoms with Crippen molar-refractivity contribution in [1.29, 1.82) is 0 Å². The molecule has 1 atom stereocenters. The Morgan fingerprint density at radius 1 is 1.32 bits per heavy atom. The van der Waals surface area contributed by atoms with Crippen LogP contribution in [0.5, 0.6) is 0 Å². The van der Waals surface area contributed by atoms with Crippen molar-refractivity contribution in [3.8, 4) is 0 Å². The molecule has 19 heavy (non-hydrogen) atoms. The molecule has 0 unspecified atom stereocenters. The van der Waals surface area contributed by atoms with E-state index in [4.69, 9.17) is 0 Å². The molecule has 2 heteroatoms. The van der Waals surface area contributed by atoms with Gasteiger partial charge in [-0.1, -0.05) is 47.1 Å². The summed E-state index contributed by atoms with van der Waals surface area (Å²) in [6, 6.07) is 10.5. The van der Waals surface area contributed by atoms with Crippen molar-refractivity contribution >= 4 is 32.5 Å². The second kappa shape index (κ2) is 5.09. The first-order valence-electron chi connectivity index (χ1n) is 6.86. The van der Waals surface area contributed by atoms with Crippen LogP contribution in [0.2, 0.25) is 0 Å². The number of rotatable bonds is 2. The van der Waals surface area contributed by atoms with E-state index >= 15 is 0 Å². The molecular formula is C17H17BrO. The summed E-state index contributed by atoms with van der Waals surface area (Å²) < 4.78 is 0. The molecule has 2 aromatic rings. The maximum absolute atomic E-state index is 12.2. The predicted octanol–water partition coefficient (Wildman–Crippen LogP) is 4.86. The monoisotopic (exact) mass is 316 g/mol. The maximum atomic E-state index is 12.2. The van der Waals surface area contributed by atoms with Crippen molar-refractivity contribution in [3.63, 3.8) is 0 Å². The van der Waals surface area contributed by atoms with Gasteiger partial charge in [-0.15, -0.1) is 0 Å². The van der Waals surface area contributed by atoms with Gasteiger partial charge in [0, 0.05) is 5.56 Å². The van der Waals surface area contributed by atoms with E-state index in [0.717, 1.165) is 17.4 Å². The quantitative estimate of drug-likeness (QED) is 0.571. The van der Waals surface area contributed by atoms with Crippen molar-refractivity contribution in [1.82, 2.24) is 0 Å². The van der Waals surface area contributed by atoms with E-state index in [1.807, 2.05) is 6.07 Å². The summed E-state index contributed by atoms with van der Waals surface area (Å²) in [5, 5.41) is 2.78. The average molecular weight is 317 g/mol. The number of fused-ring (bicyclic) bond motifs is 3. The summed E-state index contributed by atoms with van der Waals surface area (Å²) in [7, 11) is 0. The highest BCUT2D eigenvalue weighted by molar-refractivity contribution is 9.09. The van der Waals surface area contributed by atoms with Crippen LogP contribution in [0.1, 0.15) is 47.2 Å². The lowest BCUT2D eigenvalue weighted by atomic mass is 9.79. The van der Waals surface area contributed by atoms with Gasteiger partial charge in [0.15, 0.2) is 5.78 Å². The van der Waals surface area contributed by atoms with E-state index in [-0.39, 0.29) is 5.78 Å². The molecule has 0 saturated carbocycles. The molecule has 0 spiro atoms. The Kier molecular flexibility index (Phi) is 3.44. The van der Waals surface area contributed by atoms with Crippen molar-refractivity contribution in [2.75, 3.05) is 5.33 Å². The summed E-state index contributed by atoms with van der Waals surface area (Å²) in [5.74, 6) is 0.743. The number of hydrogen-bond acceptors (Lipinski definition) is 1. The van der Waals surface area contributed by atoms with Crippen LogP contribution in [0, 0.1) is 0 Å². The molecule has 2 aromatic carbocycles. The van der Waals surface area contributed by atoms with Gasteiger partial charge in [0.25, 0.3) is 0 Å². The molecule has 0 fully saturated rings. The summed E-state index contributed by atoms with van der Waals surface area (Å²) in [6.45, 7) is 2.27. The number of carbonyl (C=O) groups is 1. The number of Topliss-reactive ketones (excluding diaryl/α,β-unsaturated/α-hetero) is 1. The van der Waals surface area contributed by atoms with Gasteiger partial charge in [-0.3, -0.25) is 4.79 Å². The molecule has 0 bridgehead atoms. The SMILES string of the molecule is C[C@H]1CCCc2c1cc(C(=O)CBr)c1ccccc21. The molecule has 1 aliphatic carbocycles. The molecule has 3 rings (SSSR count). The van der Waals surface area contributed by atoms with Gasteiger partial charge in [-0.25, -0.2) is 0 Å². The van der Waals surface area contributed by atoms with Gasteiger partial charge in [-0.05, 0) is 53.1 Å². The fourth-order valence-corrected chi connectivity index (χ4v) is 3.52. The Morgan fingerprint density at radius 2 is 2.05 bits per heavy atom. The van der Waals surface area contributed by atoms with Crippen LogP contribution in [0.25, 0.3) is 10.8 Å². The van der Waals surface area contributed by atoms with Crippen LogP contribution in [0.4, 0.5) is 0 Å². The largest absolute Gasteiger partial charge is 0.293 e. The van der Waals surface area contributed by atoms with E-state index < -0.39 is 0 Å². The minimum absolute atomic E-state index is 0.178. The van der Waals surface area contributed by atoms with Gasteiger partial charge in [0.1, 0.15) is 0 Å². The Labute approximate surface area is 122 Å². The Hall–Kier alpha value is -1.15. The average Bonchev–Trinajstić information content (AvgIpc) is 2.46. The number of carbonyl (C=O) groups excluding carboxylic acids is 1. The standard InChI is InChI=1S/C17H17BrO/c1-11-5-4-8-13-12-6-2-3-7-14(12)16(9-15(11)13)17(19)10-18/h2-3,6-7,9,11H,4-5,8,10H2,1H3/t11-/m0/s1. The van der Waals surface area contributed by atoms with Gasteiger partial charge < -0.3 is 0 Å². The maximum Gasteiger partial charge on any atom is 0.174 e. The second-order valence-corrected chi connectivity index (χ2v) is 5.95. The fraction of sp³-hybridized carbons (Fsp3) is 0.353. The zero-order valence-corrected chi connectivity index (χ0v) is 12.7. The van der Waals surface area contributed by atoms with Crippen LogP contribution in [-0.2, 0) is 6.42 Å². The minimum Gasteiger partial charge on any atom is -0.293 e. The van der Waals surface area contributed by atoms with Crippen LogP contribution < -0.4 is 0 Å². The van der Waals surface area contributed by atoms with Crippen LogP contribution >= 0.6 is 15.9 Å². The van der Waals surface area contributed by atoms with E-state index in [2.05, 4.69) is 47.1 Å². The van der Waals surface area contributed by atoms with E-state index in [9.17, 15) is 4.79 Å². The first kappa shape index (κ1) is 12.9. The van der Waals surface area contributed by atoms with Crippen LogP contribution in [0.3, 0.4) is 0 Å². The van der Waals surface area contributed by atoms with Gasteiger partial charge in [0.2, 0.25) is 0 Å². The number of halogens is 1. The lowest BCUT2D eigenvalue weighted by Gasteiger charge is -2.25.